The molecule has 34 heavy (non-hydrogen) atoms. The number of nitrogens with zero attached hydrogens (tertiary/aromatic N) is 6. The van der Waals surface area contributed by atoms with Gasteiger partial charge < -0.3 is 10.6 Å². The summed E-state index contributed by atoms with van der Waals surface area (Å²) in [7, 11) is 1.88. The Balaban J connectivity index is 1.19. The molecule has 2 aliphatic rings. The number of halogens is 1. The van der Waals surface area contributed by atoms with Gasteiger partial charge in [0.25, 0.3) is 0 Å². The van der Waals surface area contributed by atoms with Gasteiger partial charge in [0.05, 0.1) is 22.4 Å². The van der Waals surface area contributed by atoms with Crippen LogP contribution in [0.5, 0.6) is 0 Å². The normalized spacial score (nSPS) is 23.7. The van der Waals surface area contributed by atoms with Crippen molar-refractivity contribution in [1.29, 1.82) is 0 Å². The number of nitrogens with two attached hydrogens (primary N) is 1. The minimum atomic E-state index is 0.0937. The van der Waals surface area contributed by atoms with Gasteiger partial charge in [-0.05, 0) is 29.5 Å². The summed E-state index contributed by atoms with van der Waals surface area (Å²) < 4.78 is 1.76. The van der Waals surface area contributed by atoms with E-state index in [1.54, 1.807) is 4.68 Å². The van der Waals surface area contributed by atoms with Crippen molar-refractivity contribution in [2.24, 2.45) is 24.6 Å². The van der Waals surface area contributed by atoms with Crippen molar-refractivity contribution in [1.82, 2.24) is 29.9 Å². The molecule has 3 N–H and O–H groups in total. The van der Waals surface area contributed by atoms with Gasteiger partial charge in [0, 0.05) is 49.2 Å². The van der Waals surface area contributed by atoms with Gasteiger partial charge >= 0.3 is 0 Å². The van der Waals surface area contributed by atoms with Crippen molar-refractivity contribution in [3.8, 4) is 11.3 Å². The molecule has 8 nitrogen and oxygen atoms in total. The largest absolute Gasteiger partial charge is 0.355 e. The van der Waals surface area contributed by atoms with Crippen LogP contribution < -0.4 is 10.6 Å². The summed E-state index contributed by atoms with van der Waals surface area (Å²) in [6.45, 7) is 2.53. The Morgan fingerprint density at radius 1 is 1.15 bits per heavy atom. The molecule has 5 aromatic rings. The van der Waals surface area contributed by atoms with Crippen LogP contribution >= 0.6 is 11.6 Å². The zero-order valence-electron chi connectivity index (χ0n) is 18.6. The maximum Gasteiger partial charge on any atom is 0.202 e. The number of aryl methyl sites for hydroxylation is 1. The van der Waals surface area contributed by atoms with Crippen molar-refractivity contribution in [2.45, 2.75) is 5.41 Å². The average molecular weight is 471 g/mol. The number of aromatic nitrogens is 6. The quantitative estimate of drug-likeness (QED) is 0.416. The van der Waals surface area contributed by atoms with Gasteiger partial charge in [-0.1, -0.05) is 41.9 Å². The van der Waals surface area contributed by atoms with E-state index in [0.717, 1.165) is 41.1 Å². The smallest absolute Gasteiger partial charge is 0.202 e. The van der Waals surface area contributed by atoms with Gasteiger partial charge in [0.15, 0.2) is 0 Å². The van der Waals surface area contributed by atoms with Crippen LogP contribution in [0, 0.1) is 11.8 Å². The third-order valence-corrected chi connectivity index (χ3v) is 8.17. The van der Waals surface area contributed by atoms with Crippen LogP contribution in [0.2, 0.25) is 5.02 Å². The average Bonchev–Trinajstić information content (AvgIpc) is 3.31. The minimum absolute atomic E-state index is 0.0937. The monoisotopic (exact) mass is 470 g/mol. The molecule has 170 valence electrons. The van der Waals surface area contributed by atoms with Crippen LogP contribution in [-0.4, -0.2) is 49.6 Å². The molecule has 1 aliphatic carbocycles. The highest BCUT2D eigenvalue weighted by atomic mass is 35.5. The van der Waals surface area contributed by atoms with Crippen molar-refractivity contribution in [2.75, 3.05) is 24.5 Å². The van der Waals surface area contributed by atoms with Crippen LogP contribution in [-0.2, 0) is 12.5 Å². The number of hydrogen-bond donors (Lipinski definition) is 2. The summed E-state index contributed by atoms with van der Waals surface area (Å²) in [6, 6.07) is 14.6. The molecule has 2 fully saturated rings. The molecule has 7 rings (SSSR count). The van der Waals surface area contributed by atoms with Crippen LogP contribution in [0.1, 0.15) is 5.56 Å². The third kappa shape index (κ3) is 2.63. The van der Waals surface area contributed by atoms with Gasteiger partial charge in [-0.2, -0.15) is 10.2 Å². The molecule has 3 aromatic heterocycles. The fourth-order valence-corrected chi connectivity index (χ4v) is 6.32. The fraction of sp³-hybridized carbons (Fsp3) is 0.280. The molecule has 0 radical (unpaired) electrons. The molecule has 2 aromatic carbocycles. The number of benzene rings is 2. The lowest BCUT2D eigenvalue weighted by molar-refractivity contribution is 0.553. The van der Waals surface area contributed by atoms with Crippen LogP contribution in [0.3, 0.4) is 0 Å². The molecular weight excluding hydrogens is 448 g/mol. The number of piperidine rings is 1. The Hall–Kier alpha value is -3.49. The summed E-state index contributed by atoms with van der Waals surface area (Å²) in [5.41, 5.74) is 11.5. The highest BCUT2D eigenvalue weighted by Crippen LogP contribution is 2.63. The Morgan fingerprint density at radius 3 is 2.71 bits per heavy atom. The SMILES string of the molecule is Cn1cc2c(Cl)c(-c3[nH]nc4nc(N5C[C@@H]6[C@H](C5)C6(CN)c5ccccc5)cnc34)ccc2n1. The molecule has 3 atom stereocenters. The van der Waals surface area contributed by atoms with E-state index in [4.69, 9.17) is 27.3 Å². The van der Waals surface area contributed by atoms with Gasteiger partial charge in [-0.15, -0.1) is 0 Å². The number of H-pyrrole nitrogens is 1. The number of anilines is 1. The molecule has 1 saturated carbocycles. The summed E-state index contributed by atoms with van der Waals surface area (Å²) in [6.07, 6.45) is 3.76. The first-order chi connectivity index (χ1) is 16.6. The minimum Gasteiger partial charge on any atom is -0.355 e. The van der Waals surface area contributed by atoms with E-state index in [0.29, 0.717) is 34.6 Å². The number of rotatable bonds is 4. The van der Waals surface area contributed by atoms with Gasteiger partial charge in [-0.25, -0.2) is 9.97 Å². The summed E-state index contributed by atoms with van der Waals surface area (Å²) >= 11 is 6.73. The zero-order valence-corrected chi connectivity index (χ0v) is 19.4. The second kappa shape index (κ2) is 7.01. The maximum atomic E-state index is 6.73. The van der Waals surface area contributed by atoms with Gasteiger partial charge in [0.2, 0.25) is 5.65 Å². The third-order valence-electron chi connectivity index (χ3n) is 7.77. The van der Waals surface area contributed by atoms with Crippen LogP contribution in [0.4, 0.5) is 5.82 Å². The van der Waals surface area contributed by atoms with Crippen molar-refractivity contribution in [3.63, 3.8) is 0 Å². The van der Waals surface area contributed by atoms with Crippen molar-refractivity contribution >= 4 is 39.5 Å². The lowest BCUT2D eigenvalue weighted by Gasteiger charge is -2.26. The summed E-state index contributed by atoms with van der Waals surface area (Å²) in [4.78, 5) is 11.9. The van der Waals surface area contributed by atoms with Gasteiger partial charge in [-0.3, -0.25) is 9.78 Å². The first-order valence-corrected chi connectivity index (χ1v) is 11.8. The summed E-state index contributed by atoms with van der Waals surface area (Å²) in [5.74, 6) is 1.93. The first kappa shape index (κ1) is 19.9. The predicted molar refractivity (Wildman–Crippen MR) is 133 cm³/mol. The number of nitrogens with one attached hydrogen (secondary N) is 1. The molecule has 9 heteroatoms. The standard InChI is InChI=1S/C25H23ClN8/c1-33-10-16-19(32-33)8-7-15(21(16)26)22-23-24(31-30-22)29-20(9-28-23)34-11-17-18(12-34)25(17,13-27)14-5-3-2-4-6-14/h2-10,17-18H,11-13,27H2,1H3,(H,29,30,31)/t17-,18+,25?. The van der Waals surface area contributed by atoms with E-state index in [-0.39, 0.29) is 5.41 Å². The molecular formula is C25H23ClN8. The Bertz CT molecular complexity index is 1540. The highest BCUT2D eigenvalue weighted by Gasteiger charge is 2.68. The molecule has 0 bridgehead atoms. The Morgan fingerprint density at radius 2 is 1.94 bits per heavy atom. The summed E-state index contributed by atoms with van der Waals surface area (Å²) in [5, 5.41) is 13.5. The fourth-order valence-electron chi connectivity index (χ4n) is 6.02. The second-order valence-corrected chi connectivity index (χ2v) is 9.77. The van der Waals surface area contributed by atoms with Crippen LogP contribution in [0.25, 0.3) is 33.3 Å². The molecule has 1 unspecified atom stereocenters. The van der Waals surface area contributed by atoms with E-state index >= 15 is 0 Å². The highest BCUT2D eigenvalue weighted by molar-refractivity contribution is 6.38. The molecule has 4 heterocycles. The Kier molecular flexibility index (Phi) is 4.11. The molecule has 0 spiro atoms. The van der Waals surface area contributed by atoms with E-state index in [2.05, 4.69) is 50.5 Å². The van der Waals surface area contributed by atoms with Crippen molar-refractivity contribution < 1.29 is 0 Å². The maximum absolute atomic E-state index is 6.73. The lowest BCUT2D eigenvalue weighted by atomic mass is 9.90. The van der Waals surface area contributed by atoms with E-state index in [9.17, 15) is 0 Å². The predicted octanol–water partition coefficient (Wildman–Crippen LogP) is 3.52. The topological polar surface area (TPSA) is 102 Å². The molecule has 0 amide bonds. The van der Waals surface area contributed by atoms with E-state index in [1.165, 1.54) is 5.56 Å². The zero-order chi connectivity index (χ0) is 23.0. The van der Waals surface area contributed by atoms with Crippen LogP contribution in [0.15, 0.2) is 54.9 Å². The van der Waals surface area contributed by atoms with Crippen molar-refractivity contribution in [3.05, 3.63) is 65.4 Å². The Labute approximate surface area is 200 Å². The second-order valence-electron chi connectivity index (χ2n) is 9.39. The lowest BCUT2D eigenvalue weighted by Crippen LogP contribution is -2.35. The number of fused-ring (bicyclic) bond motifs is 3. The first-order valence-electron chi connectivity index (χ1n) is 11.4. The van der Waals surface area contributed by atoms with E-state index < -0.39 is 0 Å². The number of hydrogen-bond acceptors (Lipinski definition) is 6. The molecule has 1 saturated heterocycles. The number of aromatic amines is 1. The molecule has 1 aliphatic heterocycles. The van der Waals surface area contributed by atoms with Gasteiger partial charge in [0.1, 0.15) is 11.3 Å². The van der Waals surface area contributed by atoms with E-state index in [1.807, 2.05) is 31.6 Å².